The lowest BCUT2D eigenvalue weighted by Crippen LogP contribution is -2.21. The topological polar surface area (TPSA) is 92.0 Å². The van der Waals surface area contributed by atoms with E-state index in [9.17, 15) is 4.79 Å². The number of rotatable bonds is 2. The van der Waals surface area contributed by atoms with E-state index >= 15 is 0 Å². The number of nitrogens with zero attached hydrogens (tertiary/aromatic N) is 1. The number of H-pyrrole nitrogens is 1. The lowest BCUT2D eigenvalue weighted by Gasteiger charge is -2.05. The molecule has 0 aliphatic heterocycles. The van der Waals surface area contributed by atoms with Crippen molar-refractivity contribution in [2.45, 2.75) is 19.9 Å². The number of aliphatic carboxylic acids is 1. The van der Waals surface area contributed by atoms with Crippen LogP contribution in [-0.2, 0) is 4.79 Å². The zero-order valence-electron chi connectivity index (χ0n) is 6.96. The molecule has 66 valence electrons. The minimum Gasteiger partial charge on any atom is -0.480 e. The molecular weight excluding hydrogens is 158 g/mol. The van der Waals surface area contributed by atoms with Crippen molar-refractivity contribution in [3.05, 3.63) is 17.0 Å². The van der Waals surface area contributed by atoms with E-state index in [1.807, 2.05) is 0 Å². The molecular formula is C7H11N3O2. The van der Waals surface area contributed by atoms with Crippen LogP contribution in [0.1, 0.15) is 23.0 Å². The van der Waals surface area contributed by atoms with Crippen LogP contribution >= 0.6 is 0 Å². The second-order valence-electron chi connectivity index (χ2n) is 2.66. The number of carbonyl (C=O) groups is 1. The zero-order valence-corrected chi connectivity index (χ0v) is 6.96. The first kappa shape index (κ1) is 8.73. The van der Waals surface area contributed by atoms with Gasteiger partial charge in [-0.2, -0.15) is 5.10 Å². The molecule has 0 aromatic carbocycles. The summed E-state index contributed by atoms with van der Waals surface area (Å²) in [4.78, 5) is 10.5. The maximum atomic E-state index is 10.5. The van der Waals surface area contributed by atoms with Gasteiger partial charge in [0.15, 0.2) is 0 Å². The average molecular weight is 169 g/mol. The van der Waals surface area contributed by atoms with Crippen molar-refractivity contribution >= 4 is 5.97 Å². The smallest absolute Gasteiger partial charge is 0.325 e. The lowest BCUT2D eigenvalue weighted by molar-refractivity contribution is -0.138. The Bertz CT molecular complexity index is 286. The number of aryl methyl sites for hydroxylation is 2. The van der Waals surface area contributed by atoms with Crippen LogP contribution in [0.5, 0.6) is 0 Å². The van der Waals surface area contributed by atoms with Crippen LogP contribution < -0.4 is 5.73 Å². The molecule has 4 N–H and O–H groups in total. The summed E-state index contributed by atoms with van der Waals surface area (Å²) in [6.07, 6.45) is 0. The van der Waals surface area contributed by atoms with E-state index in [1.165, 1.54) is 0 Å². The Morgan fingerprint density at radius 1 is 1.67 bits per heavy atom. The van der Waals surface area contributed by atoms with Gasteiger partial charge in [0.1, 0.15) is 6.04 Å². The number of aromatic nitrogens is 2. The molecule has 0 aliphatic rings. The van der Waals surface area contributed by atoms with Crippen molar-refractivity contribution in [3.8, 4) is 0 Å². The van der Waals surface area contributed by atoms with Crippen molar-refractivity contribution in [2.24, 2.45) is 5.73 Å². The van der Waals surface area contributed by atoms with Crippen molar-refractivity contribution in [1.82, 2.24) is 10.2 Å². The molecule has 0 aliphatic carbocycles. The molecule has 0 amide bonds. The number of hydrogen-bond acceptors (Lipinski definition) is 3. The molecule has 0 fully saturated rings. The molecule has 5 nitrogen and oxygen atoms in total. The van der Waals surface area contributed by atoms with E-state index in [-0.39, 0.29) is 0 Å². The van der Waals surface area contributed by atoms with E-state index in [0.717, 1.165) is 0 Å². The fourth-order valence-corrected chi connectivity index (χ4v) is 1.14. The maximum absolute atomic E-state index is 10.5. The highest BCUT2D eigenvalue weighted by atomic mass is 16.4. The van der Waals surface area contributed by atoms with E-state index in [0.29, 0.717) is 17.0 Å². The largest absolute Gasteiger partial charge is 0.480 e. The van der Waals surface area contributed by atoms with Gasteiger partial charge >= 0.3 is 5.97 Å². The third-order valence-electron chi connectivity index (χ3n) is 1.76. The first-order valence-electron chi connectivity index (χ1n) is 3.54. The summed E-state index contributed by atoms with van der Waals surface area (Å²) in [5.41, 5.74) is 7.35. The van der Waals surface area contributed by atoms with Crippen LogP contribution in [0.3, 0.4) is 0 Å². The predicted octanol–water partition coefficient (Wildman–Crippen LogP) is 0.111. The van der Waals surface area contributed by atoms with Crippen molar-refractivity contribution in [2.75, 3.05) is 0 Å². The molecule has 0 saturated heterocycles. The van der Waals surface area contributed by atoms with Gasteiger partial charge in [0, 0.05) is 11.3 Å². The summed E-state index contributed by atoms with van der Waals surface area (Å²) < 4.78 is 0. The molecule has 1 aromatic rings. The Morgan fingerprint density at radius 2 is 2.25 bits per heavy atom. The highest BCUT2D eigenvalue weighted by molar-refractivity contribution is 5.75. The van der Waals surface area contributed by atoms with Gasteiger partial charge in [-0.25, -0.2) is 0 Å². The summed E-state index contributed by atoms with van der Waals surface area (Å²) in [6.45, 7) is 3.47. The lowest BCUT2D eigenvalue weighted by atomic mass is 10.1. The average Bonchev–Trinajstić information content (AvgIpc) is 2.30. The second kappa shape index (κ2) is 2.94. The van der Waals surface area contributed by atoms with Gasteiger partial charge in [0.05, 0.1) is 5.69 Å². The fraction of sp³-hybridized carbons (Fsp3) is 0.429. The Morgan fingerprint density at radius 3 is 2.58 bits per heavy atom. The third-order valence-corrected chi connectivity index (χ3v) is 1.76. The van der Waals surface area contributed by atoms with Gasteiger partial charge in [-0.05, 0) is 13.8 Å². The van der Waals surface area contributed by atoms with Gasteiger partial charge in [-0.15, -0.1) is 0 Å². The third kappa shape index (κ3) is 1.31. The molecule has 5 heteroatoms. The number of nitrogens with one attached hydrogen (secondary N) is 1. The quantitative estimate of drug-likeness (QED) is 0.586. The highest BCUT2D eigenvalue weighted by Gasteiger charge is 2.20. The van der Waals surface area contributed by atoms with E-state index < -0.39 is 12.0 Å². The van der Waals surface area contributed by atoms with Crippen LogP contribution in [0.15, 0.2) is 0 Å². The number of carboxylic acids is 1. The van der Waals surface area contributed by atoms with Crippen LogP contribution in [0.25, 0.3) is 0 Å². The zero-order chi connectivity index (χ0) is 9.30. The summed E-state index contributed by atoms with van der Waals surface area (Å²) in [5.74, 6) is -1.04. The van der Waals surface area contributed by atoms with Crippen LogP contribution in [0.4, 0.5) is 0 Å². The normalized spacial score (nSPS) is 12.9. The summed E-state index contributed by atoms with van der Waals surface area (Å²) in [7, 11) is 0. The molecule has 0 saturated carbocycles. The molecule has 1 aromatic heterocycles. The van der Waals surface area contributed by atoms with Crippen LogP contribution in [0.2, 0.25) is 0 Å². The molecule has 1 unspecified atom stereocenters. The van der Waals surface area contributed by atoms with Crippen LogP contribution in [0, 0.1) is 13.8 Å². The number of hydrogen-bond donors (Lipinski definition) is 3. The Hall–Kier alpha value is -1.36. The molecule has 0 spiro atoms. The Kier molecular flexibility index (Phi) is 2.14. The number of nitrogens with two attached hydrogens (primary N) is 1. The maximum Gasteiger partial charge on any atom is 0.325 e. The van der Waals surface area contributed by atoms with Gasteiger partial charge in [-0.3, -0.25) is 9.89 Å². The van der Waals surface area contributed by atoms with E-state index in [2.05, 4.69) is 10.2 Å². The van der Waals surface area contributed by atoms with Gasteiger partial charge < -0.3 is 10.8 Å². The van der Waals surface area contributed by atoms with Gasteiger partial charge in [-0.1, -0.05) is 0 Å². The second-order valence-corrected chi connectivity index (χ2v) is 2.66. The van der Waals surface area contributed by atoms with Crippen molar-refractivity contribution in [1.29, 1.82) is 0 Å². The molecule has 1 heterocycles. The first-order valence-corrected chi connectivity index (χ1v) is 3.54. The minimum absolute atomic E-state index is 0.572. The minimum atomic E-state index is -1.04. The standard InChI is InChI=1S/C7H11N3O2/c1-3-5(4(2)10-9-3)6(8)7(11)12/h6H,8H2,1-2H3,(H,9,10)(H,11,12). The molecule has 0 bridgehead atoms. The monoisotopic (exact) mass is 169 g/mol. The Labute approximate surface area is 69.6 Å². The molecule has 1 atom stereocenters. The van der Waals surface area contributed by atoms with E-state index in [4.69, 9.17) is 10.8 Å². The molecule has 1 rings (SSSR count). The van der Waals surface area contributed by atoms with Gasteiger partial charge in [0.25, 0.3) is 0 Å². The predicted molar refractivity (Wildman–Crippen MR) is 42.6 cm³/mol. The van der Waals surface area contributed by atoms with Gasteiger partial charge in [0.2, 0.25) is 0 Å². The van der Waals surface area contributed by atoms with E-state index in [1.54, 1.807) is 13.8 Å². The molecule has 12 heavy (non-hydrogen) atoms. The Balaban J connectivity index is 3.08. The first-order chi connectivity index (χ1) is 5.54. The highest BCUT2D eigenvalue weighted by Crippen LogP contribution is 2.16. The summed E-state index contributed by atoms with van der Waals surface area (Å²) >= 11 is 0. The SMILES string of the molecule is Cc1n[nH]c(C)c1C(N)C(=O)O. The van der Waals surface area contributed by atoms with Crippen LogP contribution in [-0.4, -0.2) is 21.3 Å². The number of aromatic amines is 1. The fourth-order valence-electron chi connectivity index (χ4n) is 1.14. The van der Waals surface area contributed by atoms with Crippen molar-refractivity contribution < 1.29 is 9.90 Å². The number of carboxylic acid groups (broad SMARTS) is 1. The summed E-state index contributed by atoms with van der Waals surface area (Å²) in [6, 6.07) is -0.983. The molecule has 0 radical (unpaired) electrons. The van der Waals surface area contributed by atoms with Crippen molar-refractivity contribution in [3.63, 3.8) is 0 Å². The summed E-state index contributed by atoms with van der Waals surface area (Å²) in [5, 5.41) is 15.2.